The number of hydrogen-bond donors (Lipinski definition) is 2. The van der Waals surface area contributed by atoms with Crippen LogP contribution < -0.4 is 10.8 Å². The van der Waals surface area contributed by atoms with Gasteiger partial charge in [0.1, 0.15) is 10.5 Å². The van der Waals surface area contributed by atoms with Gasteiger partial charge in [0.15, 0.2) is 0 Å². The molecule has 0 aliphatic rings. The van der Waals surface area contributed by atoms with Gasteiger partial charge in [0.2, 0.25) is 0 Å². The summed E-state index contributed by atoms with van der Waals surface area (Å²) in [6.07, 6.45) is 0. The van der Waals surface area contributed by atoms with Gasteiger partial charge in [0, 0.05) is 5.39 Å². The lowest BCUT2D eigenvalue weighted by molar-refractivity contribution is 0.538. The zero-order valence-electron chi connectivity index (χ0n) is 7.06. The Bertz CT molecular complexity index is 536. The maximum Gasteiger partial charge on any atom is 0.350 e. The van der Waals surface area contributed by atoms with Crippen LogP contribution in [0.3, 0.4) is 0 Å². The zero-order chi connectivity index (χ0) is 10.1. The Morgan fingerprint density at radius 1 is 1.36 bits per heavy atom. The van der Waals surface area contributed by atoms with Gasteiger partial charge < -0.3 is 4.42 Å². The van der Waals surface area contributed by atoms with Gasteiger partial charge in [-0.15, -0.1) is 12.6 Å². The van der Waals surface area contributed by atoms with Crippen molar-refractivity contribution in [2.45, 2.75) is 9.79 Å². The molecule has 1 aromatic carbocycles. The summed E-state index contributed by atoms with van der Waals surface area (Å²) in [6.45, 7) is 0. The smallest absolute Gasteiger partial charge is 0.350 e. The van der Waals surface area contributed by atoms with E-state index in [9.17, 15) is 4.79 Å². The van der Waals surface area contributed by atoms with E-state index in [0.717, 1.165) is 17.3 Å². The number of hydrogen-bond acceptors (Lipinski definition) is 5. The standard InChI is InChI=1S/C9H7NO2S2/c10-14-8-5-3-1-2-4-6(5)12-9(11)7(8)13/h1-4,13H,10H2. The van der Waals surface area contributed by atoms with E-state index >= 15 is 0 Å². The predicted octanol–water partition coefficient (Wildman–Crippen LogP) is 2.05. The third-order valence-electron chi connectivity index (χ3n) is 1.86. The molecule has 0 saturated heterocycles. The number of thiol groups is 1. The Hall–Kier alpha value is -0.910. The first-order valence-electron chi connectivity index (χ1n) is 3.85. The van der Waals surface area contributed by atoms with Gasteiger partial charge in [0.05, 0.1) is 4.90 Å². The Balaban J connectivity index is 2.96. The average molecular weight is 225 g/mol. The minimum Gasteiger partial charge on any atom is -0.422 e. The first-order valence-corrected chi connectivity index (χ1v) is 5.18. The van der Waals surface area contributed by atoms with Crippen molar-refractivity contribution in [3.05, 3.63) is 34.7 Å². The van der Waals surface area contributed by atoms with Crippen LogP contribution in [0.15, 0.2) is 43.3 Å². The van der Waals surface area contributed by atoms with Crippen LogP contribution in [0.1, 0.15) is 0 Å². The molecule has 14 heavy (non-hydrogen) atoms. The highest BCUT2D eigenvalue weighted by atomic mass is 32.2. The molecular formula is C9H7NO2S2. The van der Waals surface area contributed by atoms with Crippen molar-refractivity contribution < 1.29 is 4.42 Å². The summed E-state index contributed by atoms with van der Waals surface area (Å²) in [5, 5.41) is 6.28. The predicted molar refractivity (Wildman–Crippen MR) is 59.8 cm³/mol. The van der Waals surface area contributed by atoms with Crippen LogP contribution in [0.5, 0.6) is 0 Å². The molecule has 0 bridgehead atoms. The molecule has 0 unspecified atom stereocenters. The molecule has 1 heterocycles. The fourth-order valence-corrected chi connectivity index (χ4v) is 2.05. The number of nitrogens with two attached hydrogens (primary N) is 1. The molecule has 5 heteroatoms. The Labute approximate surface area is 89.8 Å². The van der Waals surface area contributed by atoms with Crippen molar-refractivity contribution in [2.24, 2.45) is 5.14 Å². The Morgan fingerprint density at radius 3 is 2.79 bits per heavy atom. The molecule has 0 fully saturated rings. The molecule has 0 amide bonds. The lowest BCUT2D eigenvalue weighted by Gasteiger charge is -2.03. The number of benzene rings is 1. The average Bonchev–Trinajstić information content (AvgIpc) is 2.20. The molecule has 0 atom stereocenters. The van der Waals surface area contributed by atoms with E-state index < -0.39 is 5.63 Å². The SMILES string of the molecule is NSc1c(S)c(=O)oc2ccccc12. The molecule has 2 aromatic rings. The van der Waals surface area contributed by atoms with Gasteiger partial charge in [-0.2, -0.15) is 0 Å². The van der Waals surface area contributed by atoms with E-state index in [2.05, 4.69) is 12.6 Å². The molecule has 0 saturated carbocycles. The maximum absolute atomic E-state index is 11.3. The van der Waals surface area contributed by atoms with Crippen LogP contribution in [0.4, 0.5) is 0 Å². The lowest BCUT2D eigenvalue weighted by atomic mass is 10.2. The first kappa shape index (κ1) is 9.64. The van der Waals surface area contributed by atoms with E-state index in [-0.39, 0.29) is 4.90 Å². The number of rotatable bonds is 1. The molecular weight excluding hydrogens is 218 g/mol. The van der Waals surface area contributed by atoms with Crippen LogP contribution in [0, 0.1) is 0 Å². The van der Waals surface area contributed by atoms with Gasteiger partial charge in [-0.25, -0.2) is 4.79 Å². The molecule has 1 aromatic heterocycles. The molecule has 0 aliphatic heterocycles. The second kappa shape index (κ2) is 3.68. The van der Waals surface area contributed by atoms with Crippen LogP contribution in [0.25, 0.3) is 11.0 Å². The summed E-state index contributed by atoms with van der Waals surface area (Å²) < 4.78 is 5.03. The van der Waals surface area contributed by atoms with Crippen molar-refractivity contribution in [3.8, 4) is 0 Å². The Kier molecular flexibility index (Phi) is 2.54. The minimum atomic E-state index is -0.458. The summed E-state index contributed by atoms with van der Waals surface area (Å²) in [4.78, 5) is 12.2. The molecule has 0 aliphatic carbocycles. The van der Waals surface area contributed by atoms with E-state index in [0.29, 0.717) is 10.5 Å². The molecule has 3 nitrogen and oxygen atoms in total. The quantitative estimate of drug-likeness (QED) is 0.443. The molecule has 0 spiro atoms. The van der Waals surface area contributed by atoms with Crippen molar-refractivity contribution in [2.75, 3.05) is 0 Å². The van der Waals surface area contributed by atoms with Crippen molar-refractivity contribution in [1.82, 2.24) is 0 Å². The van der Waals surface area contributed by atoms with Gasteiger partial charge in [-0.1, -0.05) is 18.2 Å². The van der Waals surface area contributed by atoms with Gasteiger partial charge in [0.25, 0.3) is 0 Å². The monoisotopic (exact) mass is 225 g/mol. The molecule has 72 valence electrons. The summed E-state index contributed by atoms with van der Waals surface area (Å²) in [6, 6.07) is 7.22. The van der Waals surface area contributed by atoms with Gasteiger partial charge in [-0.05, 0) is 18.0 Å². The normalized spacial score (nSPS) is 10.7. The summed E-state index contributed by atoms with van der Waals surface area (Å²) in [5.74, 6) is 0. The van der Waals surface area contributed by atoms with Crippen LogP contribution >= 0.6 is 24.6 Å². The van der Waals surface area contributed by atoms with Crippen LogP contribution in [-0.2, 0) is 0 Å². The van der Waals surface area contributed by atoms with Crippen molar-refractivity contribution >= 4 is 35.5 Å². The first-order chi connectivity index (χ1) is 6.74. The minimum absolute atomic E-state index is 0.260. The fraction of sp³-hybridized carbons (Fsp3) is 0. The zero-order valence-corrected chi connectivity index (χ0v) is 8.77. The number of fused-ring (bicyclic) bond motifs is 1. The maximum atomic E-state index is 11.3. The highest BCUT2D eigenvalue weighted by Gasteiger charge is 2.10. The second-order valence-corrected chi connectivity index (χ2v) is 3.77. The largest absolute Gasteiger partial charge is 0.422 e. The topological polar surface area (TPSA) is 56.2 Å². The summed E-state index contributed by atoms with van der Waals surface area (Å²) in [7, 11) is 0. The molecule has 2 N–H and O–H groups in total. The van der Waals surface area contributed by atoms with Gasteiger partial charge >= 0.3 is 5.63 Å². The second-order valence-electron chi connectivity index (χ2n) is 2.68. The Morgan fingerprint density at radius 2 is 2.07 bits per heavy atom. The third-order valence-corrected chi connectivity index (χ3v) is 3.08. The fourth-order valence-electron chi connectivity index (χ4n) is 1.23. The lowest BCUT2D eigenvalue weighted by Crippen LogP contribution is -2.03. The molecule has 2 rings (SSSR count). The highest BCUT2D eigenvalue weighted by Crippen LogP contribution is 2.27. The van der Waals surface area contributed by atoms with Crippen LogP contribution in [0.2, 0.25) is 0 Å². The van der Waals surface area contributed by atoms with E-state index in [1.165, 1.54) is 0 Å². The third kappa shape index (κ3) is 1.43. The van der Waals surface area contributed by atoms with Gasteiger partial charge in [-0.3, -0.25) is 5.14 Å². The summed E-state index contributed by atoms with van der Waals surface area (Å²) in [5.41, 5.74) is 0.0724. The van der Waals surface area contributed by atoms with E-state index in [1.54, 1.807) is 12.1 Å². The van der Waals surface area contributed by atoms with Crippen LogP contribution in [-0.4, -0.2) is 0 Å². The number of para-hydroxylation sites is 1. The van der Waals surface area contributed by atoms with E-state index in [4.69, 9.17) is 9.56 Å². The molecule has 0 radical (unpaired) electrons. The summed E-state index contributed by atoms with van der Waals surface area (Å²) >= 11 is 5.06. The van der Waals surface area contributed by atoms with E-state index in [1.807, 2.05) is 12.1 Å². The highest BCUT2D eigenvalue weighted by molar-refractivity contribution is 7.97. The van der Waals surface area contributed by atoms with Crippen molar-refractivity contribution in [1.29, 1.82) is 0 Å². The van der Waals surface area contributed by atoms with Crippen molar-refractivity contribution in [3.63, 3.8) is 0 Å².